The fraction of sp³-hybridized carbons (Fsp3) is 0.235. The Morgan fingerprint density at radius 2 is 1.62 bits per heavy atom. The third-order valence-electron chi connectivity index (χ3n) is 3.88. The summed E-state index contributed by atoms with van der Waals surface area (Å²) < 4.78 is 28.1. The van der Waals surface area contributed by atoms with E-state index >= 15 is 0 Å². The fourth-order valence-electron chi connectivity index (χ4n) is 2.62. The highest BCUT2D eigenvalue weighted by atomic mass is 79.9. The van der Waals surface area contributed by atoms with Crippen molar-refractivity contribution < 1.29 is 13.2 Å². The number of sulfonamides is 1. The molecule has 0 unspecified atom stereocenters. The Morgan fingerprint density at radius 1 is 0.958 bits per heavy atom. The number of rotatable bonds is 4. The molecule has 126 valence electrons. The molecule has 1 aliphatic rings. The highest BCUT2D eigenvalue weighted by molar-refractivity contribution is 9.10. The number of hydrogen-bond acceptors (Lipinski definition) is 3. The summed E-state index contributed by atoms with van der Waals surface area (Å²) in [6, 6.07) is 13.3. The summed E-state index contributed by atoms with van der Waals surface area (Å²) in [4.78, 5) is 13.9. The number of anilines is 2. The molecule has 1 amide bonds. The maximum Gasteiger partial charge on any atom is 0.261 e. The van der Waals surface area contributed by atoms with Crippen molar-refractivity contribution in [3.63, 3.8) is 0 Å². The minimum atomic E-state index is -3.63. The van der Waals surface area contributed by atoms with Crippen molar-refractivity contribution in [2.75, 3.05) is 16.2 Å². The van der Waals surface area contributed by atoms with Gasteiger partial charge in [-0.15, -0.1) is 0 Å². The van der Waals surface area contributed by atoms with Crippen molar-refractivity contribution in [3.8, 4) is 0 Å². The van der Waals surface area contributed by atoms with Gasteiger partial charge in [0.1, 0.15) is 0 Å². The van der Waals surface area contributed by atoms with Gasteiger partial charge < -0.3 is 4.90 Å². The summed E-state index contributed by atoms with van der Waals surface area (Å²) in [6.07, 6.45) is 2.49. The van der Waals surface area contributed by atoms with Gasteiger partial charge in [-0.25, -0.2) is 8.42 Å². The molecule has 0 aromatic heterocycles. The van der Waals surface area contributed by atoms with E-state index in [2.05, 4.69) is 20.7 Å². The lowest BCUT2D eigenvalue weighted by Gasteiger charge is -2.26. The van der Waals surface area contributed by atoms with Crippen LogP contribution in [0.1, 0.15) is 19.3 Å². The summed E-state index contributed by atoms with van der Waals surface area (Å²) in [5, 5.41) is 0. The molecule has 2 aromatic carbocycles. The Hall–Kier alpha value is -1.86. The number of hydrogen-bond donors (Lipinski definition) is 1. The zero-order valence-corrected chi connectivity index (χ0v) is 15.3. The Balaban J connectivity index is 1.76. The van der Waals surface area contributed by atoms with Crippen LogP contribution >= 0.6 is 15.9 Å². The van der Waals surface area contributed by atoms with E-state index < -0.39 is 10.0 Å². The molecule has 0 radical (unpaired) electrons. The van der Waals surface area contributed by atoms with Crippen LogP contribution < -0.4 is 9.62 Å². The normalized spacial score (nSPS) is 15.4. The fourth-order valence-corrected chi connectivity index (χ4v) is 3.94. The van der Waals surface area contributed by atoms with Crippen LogP contribution in [0.2, 0.25) is 0 Å². The highest BCUT2D eigenvalue weighted by Gasteiger charge is 2.20. The molecule has 0 saturated carbocycles. The standard InChI is InChI=1S/C17H17BrN2O3S/c18-13-4-10-16(11-5-13)24(22,23)19-14-6-8-15(9-7-14)20-12-2-1-3-17(20)21/h4-11,19H,1-3,12H2. The average Bonchev–Trinajstić information content (AvgIpc) is 2.56. The lowest BCUT2D eigenvalue weighted by molar-refractivity contribution is -0.119. The molecule has 1 aliphatic heterocycles. The number of halogens is 1. The van der Waals surface area contributed by atoms with Gasteiger partial charge in [0.2, 0.25) is 5.91 Å². The van der Waals surface area contributed by atoms with Crippen LogP contribution in [0.15, 0.2) is 57.9 Å². The second-order valence-corrected chi connectivity index (χ2v) is 8.21. The summed E-state index contributed by atoms with van der Waals surface area (Å²) in [7, 11) is -3.63. The van der Waals surface area contributed by atoms with E-state index in [-0.39, 0.29) is 10.8 Å². The molecular formula is C17H17BrN2O3S. The predicted octanol–water partition coefficient (Wildman–Crippen LogP) is 3.77. The number of benzene rings is 2. The van der Waals surface area contributed by atoms with Gasteiger partial charge in [-0.3, -0.25) is 9.52 Å². The van der Waals surface area contributed by atoms with Crippen LogP contribution in [0.5, 0.6) is 0 Å². The number of piperidine rings is 1. The quantitative estimate of drug-likeness (QED) is 0.836. The molecule has 0 spiro atoms. The first-order chi connectivity index (χ1) is 11.5. The zero-order valence-electron chi connectivity index (χ0n) is 12.9. The van der Waals surface area contributed by atoms with Crippen LogP contribution in [0.25, 0.3) is 0 Å². The van der Waals surface area contributed by atoms with Crippen LogP contribution in [0, 0.1) is 0 Å². The minimum absolute atomic E-state index is 0.115. The number of carbonyl (C=O) groups is 1. The number of nitrogens with zero attached hydrogens (tertiary/aromatic N) is 1. The Bertz CT molecular complexity index is 833. The smallest absolute Gasteiger partial charge is 0.261 e. The summed E-state index contributed by atoms with van der Waals surface area (Å²) in [6.45, 7) is 0.711. The Kier molecular flexibility index (Phi) is 4.91. The monoisotopic (exact) mass is 408 g/mol. The molecule has 3 rings (SSSR count). The molecule has 24 heavy (non-hydrogen) atoms. The van der Waals surface area contributed by atoms with Crippen molar-refractivity contribution in [2.24, 2.45) is 0 Å². The third kappa shape index (κ3) is 3.79. The topological polar surface area (TPSA) is 66.5 Å². The number of nitrogens with one attached hydrogen (secondary N) is 1. The van der Waals surface area contributed by atoms with Crippen molar-refractivity contribution in [1.82, 2.24) is 0 Å². The predicted molar refractivity (Wildman–Crippen MR) is 97.6 cm³/mol. The van der Waals surface area contributed by atoms with Gasteiger partial charge in [-0.1, -0.05) is 15.9 Å². The van der Waals surface area contributed by atoms with Crippen LogP contribution in [-0.4, -0.2) is 20.9 Å². The number of carbonyl (C=O) groups excluding carboxylic acids is 1. The average molecular weight is 409 g/mol. The van der Waals surface area contributed by atoms with Crippen LogP contribution in [0.3, 0.4) is 0 Å². The first-order valence-corrected chi connectivity index (χ1v) is 9.92. The van der Waals surface area contributed by atoms with E-state index in [0.29, 0.717) is 18.7 Å². The first-order valence-electron chi connectivity index (χ1n) is 7.64. The Morgan fingerprint density at radius 3 is 2.25 bits per heavy atom. The van der Waals surface area contributed by atoms with E-state index in [1.807, 2.05) is 0 Å². The van der Waals surface area contributed by atoms with Crippen molar-refractivity contribution in [2.45, 2.75) is 24.2 Å². The van der Waals surface area contributed by atoms with E-state index in [4.69, 9.17) is 0 Å². The molecule has 1 N–H and O–H groups in total. The van der Waals surface area contributed by atoms with E-state index in [0.717, 1.165) is 23.0 Å². The molecule has 1 saturated heterocycles. The van der Waals surface area contributed by atoms with Gasteiger partial charge >= 0.3 is 0 Å². The molecular weight excluding hydrogens is 392 g/mol. The molecule has 7 heteroatoms. The van der Waals surface area contributed by atoms with Gasteiger partial charge in [0.05, 0.1) is 4.90 Å². The van der Waals surface area contributed by atoms with E-state index in [9.17, 15) is 13.2 Å². The first kappa shape index (κ1) is 17.0. The molecule has 0 aliphatic carbocycles. The summed E-state index contributed by atoms with van der Waals surface area (Å²) >= 11 is 3.28. The van der Waals surface area contributed by atoms with Gasteiger partial charge in [-0.2, -0.15) is 0 Å². The maximum absolute atomic E-state index is 12.4. The molecule has 2 aromatic rings. The van der Waals surface area contributed by atoms with E-state index in [1.165, 1.54) is 12.1 Å². The molecule has 0 bridgehead atoms. The third-order valence-corrected chi connectivity index (χ3v) is 5.80. The largest absolute Gasteiger partial charge is 0.312 e. The maximum atomic E-state index is 12.4. The van der Waals surface area contributed by atoms with Gasteiger partial charge in [0.25, 0.3) is 10.0 Å². The van der Waals surface area contributed by atoms with Crippen LogP contribution in [-0.2, 0) is 14.8 Å². The van der Waals surface area contributed by atoms with Crippen LogP contribution in [0.4, 0.5) is 11.4 Å². The molecule has 0 atom stereocenters. The summed E-state index contributed by atoms with van der Waals surface area (Å²) in [5.41, 5.74) is 1.26. The van der Waals surface area contributed by atoms with E-state index in [1.54, 1.807) is 41.3 Å². The molecule has 1 heterocycles. The second-order valence-electron chi connectivity index (χ2n) is 5.61. The van der Waals surface area contributed by atoms with Crippen molar-refractivity contribution in [3.05, 3.63) is 53.0 Å². The zero-order chi connectivity index (χ0) is 17.2. The summed E-state index contributed by atoms with van der Waals surface area (Å²) in [5.74, 6) is 0.115. The van der Waals surface area contributed by atoms with Gasteiger partial charge in [-0.05, 0) is 61.4 Å². The second kappa shape index (κ2) is 6.94. The van der Waals surface area contributed by atoms with Crippen molar-refractivity contribution >= 4 is 43.2 Å². The lowest BCUT2D eigenvalue weighted by atomic mass is 10.1. The van der Waals surface area contributed by atoms with Gasteiger partial charge in [0, 0.05) is 28.8 Å². The SMILES string of the molecule is O=C1CCCCN1c1ccc(NS(=O)(=O)c2ccc(Br)cc2)cc1. The highest BCUT2D eigenvalue weighted by Crippen LogP contribution is 2.24. The molecule has 5 nitrogen and oxygen atoms in total. The minimum Gasteiger partial charge on any atom is -0.312 e. The van der Waals surface area contributed by atoms with Crippen molar-refractivity contribution in [1.29, 1.82) is 0 Å². The lowest BCUT2D eigenvalue weighted by Crippen LogP contribution is -2.35. The number of amides is 1. The van der Waals surface area contributed by atoms with Gasteiger partial charge in [0.15, 0.2) is 0 Å². The molecule has 1 fully saturated rings. The Labute approximate surface area is 149 Å².